The Bertz CT molecular complexity index is 534. The van der Waals surface area contributed by atoms with Crippen molar-refractivity contribution in [2.75, 3.05) is 25.6 Å². The molecule has 0 fully saturated rings. The van der Waals surface area contributed by atoms with Crippen LogP contribution in [0, 0.1) is 0 Å². The lowest BCUT2D eigenvalue weighted by molar-refractivity contribution is 0.170. The largest absolute Gasteiger partial charge is 0.481 e. The van der Waals surface area contributed by atoms with E-state index >= 15 is 0 Å². The summed E-state index contributed by atoms with van der Waals surface area (Å²) in [6, 6.07) is 11.4. The molecule has 0 radical (unpaired) electrons. The van der Waals surface area contributed by atoms with Crippen molar-refractivity contribution in [1.82, 2.24) is 9.97 Å². The maximum Gasteiger partial charge on any atom is 0.218 e. The molecule has 0 amide bonds. The van der Waals surface area contributed by atoms with Crippen molar-refractivity contribution in [2.24, 2.45) is 0 Å². The normalized spacial score (nSPS) is 11.9. The third-order valence-corrected chi connectivity index (χ3v) is 3.15. The monoisotopic (exact) mass is 273 g/mol. The predicted molar refractivity (Wildman–Crippen MR) is 77.9 cm³/mol. The highest BCUT2D eigenvalue weighted by atomic mass is 16.5. The predicted octanol–water partition coefficient (Wildman–Crippen LogP) is 2.05. The van der Waals surface area contributed by atoms with Crippen molar-refractivity contribution < 1.29 is 9.84 Å². The first kappa shape index (κ1) is 14.3. The molecule has 2 rings (SSSR count). The molecule has 0 bridgehead atoms. The maximum atomic E-state index is 10.1. The molecule has 0 saturated heterocycles. The Morgan fingerprint density at radius 3 is 2.70 bits per heavy atom. The lowest BCUT2D eigenvalue weighted by Crippen LogP contribution is -2.21. The van der Waals surface area contributed by atoms with Crippen LogP contribution >= 0.6 is 0 Å². The first-order chi connectivity index (χ1) is 9.70. The average molecular weight is 273 g/mol. The number of benzene rings is 1. The quantitative estimate of drug-likeness (QED) is 0.873. The Morgan fingerprint density at radius 1 is 1.25 bits per heavy atom. The van der Waals surface area contributed by atoms with Crippen molar-refractivity contribution in [1.29, 1.82) is 0 Å². The molecule has 2 aromatic rings. The van der Waals surface area contributed by atoms with E-state index in [1.54, 1.807) is 13.2 Å². The summed E-state index contributed by atoms with van der Waals surface area (Å²) < 4.78 is 5.07. The van der Waals surface area contributed by atoms with Gasteiger partial charge in [-0.1, -0.05) is 30.3 Å². The number of aromatic nitrogens is 2. The molecular formula is C15H19N3O2. The fourth-order valence-corrected chi connectivity index (χ4v) is 1.92. The zero-order chi connectivity index (χ0) is 14.4. The number of methoxy groups -OCH3 is 1. The number of rotatable bonds is 6. The van der Waals surface area contributed by atoms with E-state index in [4.69, 9.17) is 4.74 Å². The van der Waals surface area contributed by atoms with E-state index in [9.17, 15) is 5.11 Å². The van der Waals surface area contributed by atoms with E-state index in [1.165, 1.54) is 6.33 Å². The molecule has 0 saturated carbocycles. The molecule has 0 aliphatic heterocycles. The molecule has 5 nitrogen and oxygen atoms in total. The van der Waals surface area contributed by atoms with Gasteiger partial charge in [0.15, 0.2) is 0 Å². The summed E-state index contributed by atoms with van der Waals surface area (Å²) >= 11 is 0. The van der Waals surface area contributed by atoms with Crippen molar-refractivity contribution >= 4 is 5.82 Å². The number of anilines is 1. The van der Waals surface area contributed by atoms with Crippen molar-refractivity contribution in [3.05, 3.63) is 48.3 Å². The van der Waals surface area contributed by atoms with Crippen LogP contribution in [0.15, 0.2) is 42.7 Å². The number of aliphatic hydroxyl groups is 1. The molecule has 5 heteroatoms. The van der Waals surface area contributed by atoms with Gasteiger partial charge in [0, 0.05) is 19.7 Å². The van der Waals surface area contributed by atoms with Crippen LogP contribution < -0.4 is 9.64 Å². The lowest BCUT2D eigenvalue weighted by atomic mass is 10.1. The molecule has 20 heavy (non-hydrogen) atoms. The van der Waals surface area contributed by atoms with Gasteiger partial charge in [0.05, 0.1) is 13.2 Å². The van der Waals surface area contributed by atoms with Gasteiger partial charge in [-0.25, -0.2) is 9.97 Å². The zero-order valence-corrected chi connectivity index (χ0v) is 11.7. The van der Waals surface area contributed by atoms with Crippen LogP contribution in [0.3, 0.4) is 0 Å². The molecule has 1 N–H and O–H groups in total. The van der Waals surface area contributed by atoms with E-state index in [0.29, 0.717) is 18.8 Å². The van der Waals surface area contributed by atoms with E-state index in [0.717, 1.165) is 11.4 Å². The van der Waals surface area contributed by atoms with Crippen LogP contribution in [0.2, 0.25) is 0 Å². The Balaban J connectivity index is 1.93. The molecule has 0 spiro atoms. The van der Waals surface area contributed by atoms with Crippen LogP contribution in [-0.4, -0.2) is 35.8 Å². The lowest BCUT2D eigenvalue weighted by Gasteiger charge is -2.20. The second-order valence-corrected chi connectivity index (χ2v) is 4.56. The molecule has 1 atom stereocenters. The summed E-state index contributed by atoms with van der Waals surface area (Å²) in [5, 5.41) is 10.1. The Labute approximate surface area is 118 Å². The number of hydrogen-bond donors (Lipinski definition) is 1. The standard InChI is InChI=1S/C15H19N3O2/c1-18(14-10-15(20-2)17-11-16-14)9-8-13(19)12-6-4-3-5-7-12/h3-7,10-11,13,19H,8-9H2,1-2H3/t13-/m1/s1. The SMILES string of the molecule is COc1cc(N(C)CC[C@@H](O)c2ccccc2)ncn1. The van der Waals surface area contributed by atoms with Crippen LogP contribution in [-0.2, 0) is 0 Å². The minimum atomic E-state index is -0.470. The molecule has 0 unspecified atom stereocenters. The van der Waals surface area contributed by atoms with Gasteiger partial charge in [-0.3, -0.25) is 0 Å². The first-order valence-electron chi connectivity index (χ1n) is 6.51. The highest BCUT2D eigenvalue weighted by Crippen LogP contribution is 2.19. The molecule has 0 aliphatic carbocycles. The highest BCUT2D eigenvalue weighted by Gasteiger charge is 2.10. The molecule has 106 valence electrons. The minimum Gasteiger partial charge on any atom is -0.481 e. The minimum absolute atomic E-state index is 0.470. The third-order valence-electron chi connectivity index (χ3n) is 3.15. The van der Waals surface area contributed by atoms with Gasteiger partial charge in [-0.2, -0.15) is 0 Å². The maximum absolute atomic E-state index is 10.1. The van der Waals surface area contributed by atoms with Gasteiger partial charge in [-0.15, -0.1) is 0 Å². The first-order valence-corrected chi connectivity index (χ1v) is 6.51. The van der Waals surface area contributed by atoms with Gasteiger partial charge in [0.25, 0.3) is 0 Å². The smallest absolute Gasteiger partial charge is 0.218 e. The Kier molecular flexibility index (Phi) is 4.90. The van der Waals surface area contributed by atoms with Crippen molar-refractivity contribution in [3.8, 4) is 5.88 Å². The number of nitrogens with zero attached hydrogens (tertiary/aromatic N) is 3. The zero-order valence-electron chi connectivity index (χ0n) is 11.7. The summed E-state index contributed by atoms with van der Waals surface area (Å²) in [7, 11) is 3.50. The Hall–Kier alpha value is -2.14. The van der Waals surface area contributed by atoms with Crippen molar-refractivity contribution in [2.45, 2.75) is 12.5 Å². The summed E-state index contributed by atoms with van der Waals surface area (Å²) in [5.74, 6) is 1.31. The molecular weight excluding hydrogens is 254 g/mol. The summed E-state index contributed by atoms with van der Waals surface area (Å²) in [6.07, 6.45) is 1.63. The average Bonchev–Trinajstić information content (AvgIpc) is 2.53. The topological polar surface area (TPSA) is 58.5 Å². The van der Waals surface area contributed by atoms with Gasteiger partial charge < -0.3 is 14.7 Å². The van der Waals surface area contributed by atoms with Crippen LogP contribution in [0.4, 0.5) is 5.82 Å². The molecule has 1 aromatic carbocycles. The van der Waals surface area contributed by atoms with Gasteiger partial charge in [-0.05, 0) is 12.0 Å². The number of ether oxygens (including phenoxy) is 1. The fourth-order valence-electron chi connectivity index (χ4n) is 1.92. The second kappa shape index (κ2) is 6.86. The highest BCUT2D eigenvalue weighted by molar-refractivity contribution is 5.39. The van der Waals surface area contributed by atoms with Gasteiger partial charge in [0.1, 0.15) is 12.1 Å². The van der Waals surface area contributed by atoms with E-state index in [-0.39, 0.29) is 0 Å². The third kappa shape index (κ3) is 3.68. The van der Waals surface area contributed by atoms with E-state index in [2.05, 4.69) is 9.97 Å². The van der Waals surface area contributed by atoms with Crippen LogP contribution in [0.5, 0.6) is 5.88 Å². The number of hydrogen-bond acceptors (Lipinski definition) is 5. The summed E-state index contributed by atoms with van der Waals surface area (Å²) in [5.41, 5.74) is 0.932. The molecule has 1 heterocycles. The number of aliphatic hydroxyl groups excluding tert-OH is 1. The molecule has 0 aliphatic rings. The second-order valence-electron chi connectivity index (χ2n) is 4.56. The van der Waals surface area contributed by atoms with E-state index < -0.39 is 6.10 Å². The Morgan fingerprint density at radius 2 is 2.00 bits per heavy atom. The van der Waals surface area contributed by atoms with Crippen LogP contribution in [0.25, 0.3) is 0 Å². The van der Waals surface area contributed by atoms with Crippen LogP contribution in [0.1, 0.15) is 18.1 Å². The summed E-state index contributed by atoms with van der Waals surface area (Å²) in [4.78, 5) is 10.1. The van der Waals surface area contributed by atoms with Gasteiger partial charge >= 0.3 is 0 Å². The fraction of sp³-hybridized carbons (Fsp3) is 0.333. The van der Waals surface area contributed by atoms with Crippen molar-refractivity contribution in [3.63, 3.8) is 0 Å². The van der Waals surface area contributed by atoms with E-state index in [1.807, 2.05) is 42.3 Å². The van der Waals surface area contributed by atoms with Gasteiger partial charge in [0.2, 0.25) is 5.88 Å². The summed E-state index contributed by atoms with van der Waals surface area (Å²) in [6.45, 7) is 0.691. The molecule has 1 aromatic heterocycles.